The van der Waals surface area contributed by atoms with Crippen LogP contribution >= 0.6 is 0 Å². The Morgan fingerprint density at radius 2 is 1.82 bits per heavy atom. The molecule has 1 atom stereocenters. The molecule has 6 heteroatoms. The quantitative estimate of drug-likeness (QED) is 0.622. The second-order valence-corrected chi connectivity index (χ2v) is 9.35. The van der Waals surface area contributed by atoms with Crippen LogP contribution in [0.4, 0.5) is 0 Å². The van der Waals surface area contributed by atoms with E-state index >= 15 is 0 Å². The number of carbonyl (C=O) groups is 1. The Bertz CT molecular complexity index is 1210. The number of benzene rings is 2. The maximum Gasteiger partial charge on any atom is 0.272 e. The van der Waals surface area contributed by atoms with Crippen molar-refractivity contribution in [3.63, 3.8) is 0 Å². The van der Waals surface area contributed by atoms with Crippen LogP contribution in [0.3, 0.4) is 0 Å². The van der Waals surface area contributed by atoms with E-state index in [1.54, 1.807) is 11.5 Å². The summed E-state index contributed by atoms with van der Waals surface area (Å²) in [6, 6.07) is 12.2. The number of carbonyl (C=O) groups excluding carboxylic acids is 1. The van der Waals surface area contributed by atoms with E-state index in [2.05, 4.69) is 29.0 Å². The smallest absolute Gasteiger partial charge is 0.272 e. The van der Waals surface area contributed by atoms with E-state index < -0.39 is 0 Å². The number of aromatic nitrogens is 2. The van der Waals surface area contributed by atoms with E-state index in [4.69, 9.17) is 0 Å². The molecule has 174 valence electrons. The summed E-state index contributed by atoms with van der Waals surface area (Å²) < 4.78 is 1.78. The number of rotatable bonds is 6. The van der Waals surface area contributed by atoms with Crippen LogP contribution in [0.1, 0.15) is 58.9 Å². The Labute approximate surface area is 195 Å². The monoisotopic (exact) mass is 446 g/mol. The van der Waals surface area contributed by atoms with E-state index in [1.165, 1.54) is 19.3 Å². The maximum absolute atomic E-state index is 12.9. The molecule has 0 spiro atoms. The Morgan fingerprint density at radius 3 is 2.55 bits per heavy atom. The fourth-order valence-electron chi connectivity index (χ4n) is 4.63. The zero-order chi connectivity index (χ0) is 23.5. The van der Waals surface area contributed by atoms with Gasteiger partial charge in [-0.15, -0.1) is 0 Å². The van der Waals surface area contributed by atoms with Crippen molar-refractivity contribution < 1.29 is 4.79 Å². The van der Waals surface area contributed by atoms with Crippen molar-refractivity contribution in [2.45, 2.75) is 59.5 Å². The van der Waals surface area contributed by atoms with Crippen LogP contribution < -0.4 is 10.9 Å². The first-order valence-electron chi connectivity index (χ1n) is 11.9. The van der Waals surface area contributed by atoms with Crippen LogP contribution in [0.2, 0.25) is 0 Å². The lowest BCUT2D eigenvalue weighted by atomic mass is 10.0. The second kappa shape index (κ2) is 9.87. The van der Waals surface area contributed by atoms with E-state index in [0.29, 0.717) is 30.4 Å². The minimum atomic E-state index is -0.0838. The molecule has 0 saturated carbocycles. The molecular weight excluding hydrogens is 412 g/mol. The molecule has 1 amide bonds. The van der Waals surface area contributed by atoms with Gasteiger partial charge in [-0.3, -0.25) is 14.5 Å². The minimum Gasteiger partial charge on any atom is -0.351 e. The van der Waals surface area contributed by atoms with Crippen molar-refractivity contribution in [1.29, 1.82) is 0 Å². The summed E-state index contributed by atoms with van der Waals surface area (Å²) >= 11 is 0. The van der Waals surface area contributed by atoms with Gasteiger partial charge in [0.1, 0.15) is 5.69 Å². The first kappa shape index (κ1) is 23.2. The number of hydrogen-bond donors (Lipinski definition) is 1. The number of piperidine rings is 1. The van der Waals surface area contributed by atoms with Crippen LogP contribution in [-0.4, -0.2) is 46.0 Å². The van der Waals surface area contributed by atoms with Crippen LogP contribution in [-0.2, 0) is 6.54 Å². The molecule has 1 saturated heterocycles. The van der Waals surface area contributed by atoms with E-state index in [9.17, 15) is 9.59 Å². The maximum atomic E-state index is 12.9. The van der Waals surface area contributed by atoms with E-state index in [0.717, 1.165) is 40.8 Å². The molecule has 1 aliphatic heterocycles. The molecule has 0 bridgehead atoms. The van der Waals surface area contributed by atoms with Crippen LogP contribution in [0.25, 0.3) is 11.0 Å². The standard InChI is InChI=1S/C27H34N4O2/c1-18-15-24-25(16-19(18)2)31(27(33)21(4)29-24)17-22-8-10-23(11-9-22)26(32)28-12-14-30-13-6-5-7-20(30)3/h8-11,15-16,20H,5-7,12-14,17H2,1-4H3,(H,28,32)/t20-/m1/s1. The van der Waals surface area contributed by atoms with Gasteiger partial charge < -0.3 is 9.88 Å². The molecule has 3 aromatic rings. The fourth-order valence-corrected chi connectivity index (χ4v) is 4.63. The number of aryl methyl sites for hydroxylation is 3. The summed E-state index contributed by atoms with van der Waals surface area (Å²) in [5, 5.41) is 3.04. The lowest BCUT2D eigenvalue weighted by Gasteiger charge is -2.33. The predicted octanol–water partition coefficient (Wildman–Crippen LogP) is 3.97. The fraction of sp³-hybridized carbons (Fsp3) is 0.444. The van der Waals surface area contributed by atoms with Crippen LogP contribution in [0.15, 0.2) is 41.2 Å². The van der Waals surface area contributed by atoms with Crippen molar-refractivity contribution in [3.8, 4) is 0 Å². The Balaban J connectivity index is 1.45. The molecule has 2 heterocycles. The largest absolute Gasteiger partial charge is 0.351 e. The summed E-state index contributed by atoms with van der Waals surface area (Å²) in [6.07, 6.45) is 3.79. The summed E-state index contributed by atoms with van der Waals surface area (Å²) in [7, 11) is 0. The normalized spacial score (nSPS) is 16.8. The van der Waals surface area contributed by atoms with Gasteiger partial charge in [-0.2, -0.15) is 0 Å². The Hall–Kier alpha value is -2.99. The minimum absolute atomic E-state index is 0.0558. The number of fused-ring (bicyclic) bond motifs is 1. The van der Waals surface area contributed by atoms with Crippen molar-refractivity contribution in [1.82, 2.24) is 19.8 Å². The summed E-state index contributed by atoms with van der Waals surface area (Å²) in [5.41, 5.74) is 5.97. The van der Waals surface area contributed by atoms with Gasteiger partial charge in [-0.1, -0.05) is 18.6 Å². The molecule has 2 aromatic carbocycles. The Morgan fingerprint density at radius 1 is 1.09 bits per heavy atom. The van der Waals surface area contributed by atoms with Gasteiger partial charge in [0.05, 0.1) is 17.6 Å². The molecular formula is C27H34N4O2. The first-order chi connectivity index (χ1) is 15.8. The number of amides is 1. The summed E-state index contributed by atoms with van der Waals surface area (Å²) in [6.45, 7) is 11.2. The molecule has 0 radical (unpaired) electrons. The summed E-state index contributed by atoms with van der Waals surface area (Å²) in [5.74, 6) is -0.0558. The third-order valence-corrected chi connectivity index (χ3v) is 6.91. The molecule has 33 heavy (non-hydrogen) atoms. The average molecular weight is 447 g/mol. The zero-order valence-corrected chi connectivity index (χ0v) is 20.1. The number of nitrogens with one attached hydrogen (secondary N) is 1. The second-order valence-electron chi connectivity index (χ2n) is 9.35. The SMILES string of the molecule is Cc1cc2nc(C)c(=O)n(Cc3ccc(C(=O)NCCN4CCCC[C@H]4C)cc3)c2cc1C. The number of nitrogens with zero attached hydrogens (tertiary/aromatic N) is 3. The highest BCUT2D eigenvalue weighted by Crippen LogP contribution is 2.18. The van der Waals surface area contributed by atoms with Crippen LogP contribution in [0.5, 0.6) is 0 Å². The molecule has 1 aliphatic rings. The molecule has 6 nitrogen and oxygen atoms in total. The predicted molar refractivity (Wildman–Crippen MR) is 133 cm³/mol. The molecule has 4 rings (SSSR count). The zero-order valence-electron chi connectivity index (χ0n) is 20.1. The highest BCUT2D eigenvalue weighted by Gasteiger charge is 2.18. The van der Waals surface area contributed by atoms with Gasteiger partial charge in [0.2, 0.25) is 0 Å². The topological polar surface area (TPSA) is 67.2 Å². The van der Waals surface area contributed by atoms with E-state index in [1.807, 2.05) is 43.3 Å². The highest BCUT2D eigenvalue weighted by molar-refractivity contribution is 5.94. The molecule has 0 unspecified atom stereocenters. The van der Waals surface area contributed by atoms with Gasteiger partial charge >= 0.3 is 0 Å². The lowest BCUT2D eigenvalue weighted by molar-refractivity contribution is 0.0938. The first-order valence-corrected chi connectivity index (χ1v) is 11.9. The van der Waals surface area contributed by atoms with Gasteiger partial charge in [0.15, 0.2) is 0 Å². The molecule has 1 aromatic heterocycles. The van der Waals surface area contributed by atoms with Gasteiger partial charge in [-0.05, 0) is 88.0 Å². The van der Waals surface area contributed by atoms with Gasteiger partial charge in [-0.25, -0.2) is 4.98 Å². The molecule has 1 N–H and O–H groups in total. The average Bonchev–Trinajstić information content (AvgIpc) is 2.80. The van der Waals surface area contributed by atoms with E-state index in [-0.39, 0.29) is 11.5 Å². The van der Waals surface area contributed by atoms with Crippen LogP contribution in [0, 0.1) is 20.8 Å². The lowest BCUT2D eigenvalue weighted by Crippen LogP contribution is -2.42. The summed E-state index contributed by atoms with van der Waals surface area (Å²) in [4.78, 5) is 32.4. The Kier molecular flexibility index (Phi) is 6.94. The van der Waals surface area contributed by atoms with Gasteiger partial charge in [0.25, 0.3) is 11.5 Å². The van der Waals surface area contributed by atoms with Crippen molar-refractivity contribution in [2.75, 3.05) is 19.6 Å². The number of hydrogen-bond acceptors (Lipinski definition) is 4. The third kappa shape index (κ3) is 5.17. The molecule has 1 fully saturated rings. The van der Waals surface area contributed by atoms with Gasteiger partial charge in [0, 0.05) is 24.7 Å². The highest BCUT2D eigenvalue weighted by atomic mass is 16.1. The van der Waals surface area contributed by atoms with Crippen molar-refractivity contribution in [2.24, 2.45) is 0 Å². The number of likely N-dealkylation sites (tertiary alicyclic amines) is 1. The van der Waals surface area contributed by atoms with Crippen molar-refractivity contribution in [3.05, 3.63) is 74.7 Å². The molecule has 0 aliphatic carbocycles. The van der Waals surface area contributed by atoms with Crippen molar-refractivity contribution >= 4 is 16.9 Å². The third-order valence-electron chi connectivity index (χ3n) is 6.91.